The molecule has 4 rings (SSSR count). The summed E-state index contributed by atoms with van der Waals surface area (Å²) in [5.41, 5.74) is 4.88. The van der Waals surface area contributed by atoms with Crippen molar-refractivity contribution < 1.29 is 4.42 Å². The molecule has 0 N–H and O–H groups in total. The van der Waals surface area contributed by atoms with Crippen LogP contribution in [0.5, 0.6) is 0 Å². The molecule has 100 valence electrons. The molecule has 3 heteroatoms. The first-order chi connectivity index (χ1) is 10.4. The van der Waals surface area contributed by atoms with Crippen molar-refractivity contribution in [2.75, 3.05) is 0 Å². The molecule has 2 heterocycles. The number of hydrogen-bond donors (Lipinski definition) is 0. The van der Waals surface area contributed by atoms with Gasteiger partial charge in [0.15, 0.2) is 5.58 Å². The van der Waals surface area contributed by atoms with Gasteiger partial charge < -0.3 is 4.42 Å². The lowest BCUT2D eigenvalue weighted by Crippen LogP contribution is -1.80. The fourth-order valence-electron chi connectivity index (χ4n) is 2.34. The van der Waals surface area contributed by atoms with Crippen LogP contribution in [-0.2, 0) is 0 Å². The van der Waals surface area contributed by atoms with Gasteiger partial charge in [0, 0.05) is 17.8 Å². The number of fused-ring (bicyclic) bond motifs is 1. The van der Waals surface area contributed by atoms with Gasteiger partial charge in [-0.2, -0.15) is 0 Å². The van der Waals surface area contributed by atoms with Gasteiger partial charge in [-0.1, -0.05) is 42.5 Å². The second kappa shape index (κ2) is 4.87. The van der Waals surface area contributed by atoms with Crippen LogP contribution in [-0.4, -0.2) is 9.97 Å². The molecule has 0 saturated carbocycles. The summed E-state index contributed by atoms with van der Waals surface area (Å²) in [6.07, 6.45) is 3.41. The Hall–Kier alpha value is -2.94. The predicted octanol–water partition coefficient (Wildman–Crippen LogP) is 4.56. The maximum atomic E-state index is 5.75. The van der Waals surface area contributed by atoms with Crippen molar-refractivity contribution in [1.29, 1.82) is 0 Å². The summed E-state index contributed by atoms with van der Waals surface area (Å²) >= 11 is 0. The Labute approximate surface area is 121 Å². The highest BCUT2D eigenvalue weighted by Crippen LogP contribution is 2.26. The smallest absolute Gasteiger partial charge is 0.227 e. The van der Waals surface area contributed by atoms with Gasteiger partial charge in [0.2, 0.25) is 5.89 Å². The SMILES string of the molecule is c1ccc(-c2ccc(-c3nc4cnccc4o3)cc2)cc1. The largest absolute Gasteiger partial charge is 0.436 e. The summed E-state index contributed by atoms with van der Waals surface area (Å²) in [6.45, 7) is 0. The van der Waals surface area contributed by atoms with E-state index in [1.165, 1.54) is 11.1 Å². The molecule has 4 aromatic rings. The van der Waals surface area contributed by atoms with E-state index in [4.69, 9.17) is 4.42 Å². The highest BCUT2D eigenvalue weighted by molar-refractivity contribution is 5.75. The molecular formula is C18H12N2O. The second-order valence-electron chi connectivity index (χ2n) is 4.81. The molecule has 0 bridgehead atoms. The summed E-state index contributed by atoms with van der Waals surface area (Å²) in [7, 11) is 0. The molecule has 0 amide bonds. The minimum atomic E-state index is 0.623. The molecule has 21 heavy (non-hydrogen) atoms. The first-order valence-electron chi connectivity index (χ1n) is 6.76. The lowest BCUT2D eigenvalue weighted by Gasteiger charge is -2.02. The average molecular weight is 272 g/mol. The Morgan fingerprint density at radius 1 is 0.714 bits per heavy atom. The Balaban J connectivity index is 1.73. The number of benzene rings is 2. The van der Waals surface area contributed by atoms with Crippen LogP contribution < -0.4 is 0 Å². The Morgan fingerprint density at radius 2 is 1.43 bits per heavy atom. The Bertz CT molecular complexity index is 847. The van der Waals surface area contributed by atoms with Crippen LogP contribution in [0.15, 0.2) is 77.5 Å². The van der Waals surface area contributed by atoms with Crippen molar-refractivity contribution in [2.24, 2.45) is 0 Å². The highest BCUT2D eigenvalue weighted by atomic mass is 16.3. The van der Waals surface area contributed by atoms with Crippen LogP contribution in [0.1, 0.15) is 0 Å². The van der Waals surface area contributed by atoms with Crippen LogP contribution in [0.2, 0.25) is 0 Å². The van der Waals surface area contributed by atoms with Crippen LogP contribution in [0.4, 0.5) is 0 Å². The minimum Gasteiger partial charge on any atom is -0.436 e. The normalized spacial score (nSPS) is 10.9. The van der Waals surface area contributed by atoms with Gasteiger partial charge in [-0.25, -0.2) is 4.98 Å². The molecular weight excluding hydrogens is 260 g/mol. The Morgan fingerprint density at radius 3 is 2.19 bits per heavy atom. The quantitative estimate of drug-likeness (QED) is 0.537. The molecule has 0 fully saturated rings. The Kier molecular flexibility index (Phi) is 2.75. The molecule has 0 atom stereocenters. The topological polar surface area (TPSA) is 38.9 Å². The second-order valence-corrected chi connectivity index (χ2v) is 4.81. The fraction of sp³-hybridized carbons (Fsp3) is 0. The highest BCUT2D eigenvalue weighted by Gasteiger charge is 2.08. The average Bonchev–Trinajstić information content (AvgIpc) is 3.00. The number of pyridine rings is 1. The molecule has 0 aliphatic heterocycles. The van der Waals surface area contributed by atoms with E-state index >= 15 is 0 Å². The van der Waals surface area contributed by atoms with Gasteiger partial charge in [-0.15, -0.1) is 0 Å². The van der Waals surface area contributed by atoms with Crippen LogP contribution >= 0.6 is 0 Å². The molecule has 0 saturated heterocycles. The third-order valence-corrected chi connectivity index (χ3v) is 3.43. The van der Waals surface area contributed by atoms with Crippen LogP contribution in [0.25, 0.3) is 33.7 Å². The molecule has 2 aromatic heterocycles. The summed E-state index contributed by atoms with van der Waals surface area (Å²) in [6, 6.07) is 20.3. The first kappa shape index (κ1) is 11.9. The van der Waals surface area contributed by atoms with Crippen LogP contribution in [0, 0.1) is 0 Å². The van der Waals surface area contributed by atoms with Gasteiger partial charge in [-0.3, -0.25) is 4.98 Å². The van der Waals surface area contributed by atoms with E-state index < -0.39 is 0 Å². The molecule has 0 aliphatic rings. The zero-order valence-corrected chi connectivity index (χ0v) is 11.2. The molecule has 0 unspecified atom stereocenters. The number of hydrogen-bond acceptors (Lipinski definition) is 3. The van der Waals surface area contributed by atoms with Crippen molar-refractivity contribution in [1.82, 2.24) is 9.97 Å². The molecule has 2 aromatic carbocycles. The van der Waals surface area contributed by atoms with E-state index in [1.807, 2.05) is 36.4 Å². The number of nitrogens with zero attached hydrogens (tertiary/aromatic N) is 2. The van der Waals surface area contributed by atoms with Crippen molar-refractivity contribution in [3.05, 3.63) is 73.1 Å². The maximum Gasteiger partial charge on any atom is 0.227 e. The summed E-state index contributed by atoms with van der Waals surface area (Å²) in [5.74, 6) is 0.623. The van der Waals surface area contributed by atoms with E-state index in [2.05, 4.69) is 34.2 Å². The molecule has 0 aliphatic carbocycles. The monoisotopic (exact) mass is 272 g/mol. The summed E-state index contributed by atoms with van der Waals surface area (Å²) in [4.78, 5) is 8.51. The summed E-state index contributed by atoms with van der Waals surface area (Å²) < 4.78 is 5.75. The zero-order valence-electron chi connectivity index (χ0n) is 11.2. The molecule has 0 radical (unpaired) electrons. The molecule has 0 spiro atoms. The van der Waals surface area contributed by atoms with Gasteiger partial charge in [-0.05, 0) is 23.3 Å². The zero-order chi connectivity index (χ0) is 14.1. The van der Waals surface area contributed by atoms with Crippen LogP contribution in [0.3, 0.4) is 0 Å². The summed E-state index contributed by atoms with van der Waals surface area (Å²) in [5, 5.41) is 0. The van der Waals surface area contributed by atoms with Gasteiger partial charge in [0.25, 0.3) is 0 Å². The van der Waals surface area contributed by atoms with E-state index in [0.717, 1.165) is 16.7 Å². The van der Waals surface area contributed by atoms with Crippen molar-refractivity contribution in [3.63, 3.8) is 0 Å². The van der Waals surface area contributed by atoms with E-state index in [-0.39, 0.29) is 0 Å². The van der Waals surface area contributed by atoms with Gasteiger partial charge >= 0.3 is 0 Å². The maximum absolute atomic E-state index is 5.75. The van der Waals surface area contributed by atoms with Gasteiger partial charge in [0.1, 0.15) is 5.52 Å². The van der Waals surface area contributed by atoms with Crippen molar-refractivity contribution >= 4 is 11.1 Å². The molecule has 3 nitrogen and oxygen atoms in total. The van der Waals surface area contributed by atoms with E-state index in [9.17, 15) is 0 Å². The van der Waals surface area contributed by atoms with Crippen molar-refractivity contribution in [3.8, 4) is 22.6 Å². The lowest BCUT2D eigenvalue weighted by molar-refractivity contribution is 0.619. The van der Waals surface area contributed by atoms with E-state index in [0.29, 0.717) is 5.89 Å². The van der Waals surface area contributed by atoms with Crippen molar-refractivity contribution in [2.45, 2.75) is 0 Å². The number of aromatic nitrogens is 2. The minimum absolute atomic E-state index is 0.623. The lowest BCUT2D eigenvalue weighted by atomic mass is 10.0. The third-order valence-electron chi connectivity index (χ3n) is 3.43. The standard InChI is InChI=1S/C18H12N2O/c1-2-4-13(5-3-1)14-6-8-15(9-7-14)18-20-16-12-19-11-10-17(16)21-18/h1-12H. The predicted molar refractivity (Wildman–Crippen MR) is 82.7 cm³/mol. The fourth-order valence-corrected chi connectivity index (χ4v) is 2.34. The first-order valence-corrected chi connectivity index (χ1v) is 6.76. The van der Waals surface area contributed by atoms with E-state index in [1.54, 1.807) is 12.4 Å². The number of oxazole rings is 1. The number of rotatable bonds is 2. The third kappa shape index (κ3) is 2.19. The van der Waals surface area contributed by atoms with Gasteiger partial charge in [0.05, 0.1) is 6.20 Å².